The fourth-order valence-electron chi connectivity index (χ4n) is 0.909. The van der Waals surface area contributed by atoms with Gasteiger partial charge in [0, 0.05) is 18.6 Å². The summed E-state index contributed by atoms with van der Waals surface area (Å²) in [5, 5.41) is 0. The molecular formula is C9H20N2. The summed E-state index contributed by atoms with van der Waals surface area (Å²) < 4.78 is 0. The number of nitrogens with zero attached hydrogens (tertiary/aromatic N) is 2. The molecule has 2 nitrogen and oxygen atoms in total. The molecule has 0 unspecified atom stereocenters. The highest BCUT2D eigenvalue weighted by molar-refractivity contribution is 5.55. The Labute approximate surface area is 70.3 Å². The second kappa shape index (κ2) is 4.37. The first kappa shape index (κ1) is 10.5. The Balaban J connectivity index is 4.06. The molecule has 0 atom stereocenters. The zero-order chi connectivity index (χ0) is 8.91. The Morgan fingerprint density at radius 3 is 2.09 bits per heavy atom. The molecule has 0 spiro atoms. The first-order chi connectivity index (χ1) is 5.02. The second-order valence-electron chi connectivity index (χ2n) is 3.57. The van der Waals surface area contributed by atoms with Gasteiger partial charge in [0.2, 0.25) is 0 Å². The van der Waals surface area contributed by atoms with E-state index < -0.39 is 0 Å². The molecule has 66 valence electrons. The first-order valence-corrected chi connectivity index (χ1v) is 4.29. The van der Waals surface area contributed by atoms with Crippen molar-refractivity contribution in [2.45, 2.75) is 40.2 Å². The van der Waals surface area contributed by atoms with Crippen molar-refractivity contribution in [3.05, 3.63) is 0 Å². The lowest BCUT2D eigenvalue weighted by Crippen LogP contribution is -2.40. The van der Waals surface area contributed by atoms with E-state index in [1.165, 1.54) is 0 Å². The predicted octanol–water partition coefficient (Wildman–Crippen LogP) is 2.16. The topological polar surface area (TPSA) is 15.6 Å². The van der Waals surface area contributed by atoms with Crippen LogP contribution in [0.25, 0.3) is 0 Å². The quantitative estimate of drug-likeness (QED) is 0.451. The van der Waals surface area contributed by atoms with Crippen molar-refractivity contribution < 1.29 is 0 Å². The molecule has 11 heavy (non-hydrogen) atoms. The zero-order valence-electron chi connectivity index (χ0n) is 8.39. The average molecular weight is 156 g/mol. The standard InChI is InChI=1S/C9H20N2/c1-6-10-8-11(7-2)9(3,4)5/h8H,6-7H2,1-5H3/b10-8-. The van der Waals surface area contributed by atoms with E-state index in [-0.39, 0.29) is 5.54 Å². The van der Waals surface area contributed by atoms with Gasteiger partial charge in [0.15, 0.2) is 0 Å². The van der Waals surface area contributed by atoms with Crippen LogP contribution < -0.4 is 0 Å². The lowest BCUT2D eigenvalue weighted by molar-refractivity contribution is 0.255. The highest BCUT2D eigenvalue weighted by atomic mass is 15.2. The monoisotopic (exact) mass is 156 g/mol. The number of hydrogen-bond donors (Lipinski definition) is 0. The Kier molecular flexibility index (Phi) is 4.16. The largest absolute Gasteiger partial charge is 0.358 e. The molecule has 0 rings (SSSR count). The summed E-state index contributed by atoms with van der Waals surface area (Å²) in [6, 6.07) is 0. The number of aliphatic imine (C=N–C) groups is 1. The molecule has 0 amide bonds. The second-order valence-corrected chi connectivity index (χ2v) is 3.57. The van der Waals surface area contributed by atoms with E-state index in [0.717, 1.165) is 13.1 Å². The summed E-state index contributed by atoms with van der Waals surface area (Å²) in [6.07, 6.45) is 1.94. The van der Waals surface area contributed by atoms with Crippen molar-refractivity contribution in [1.29, 1.82) is 0 Å². The van der Waals surface area contributed by atoms with E-state index in [1.807, 2.05) is 13.3 Å². The predicted molar refractivity (Wildman–Crippen MR) is 51.2 cm³/mol. The molecule has 0 aliphatic heterocycles. The third kappa shape index (κ3) is 4.02. The smallest absolute Gasteiger partial charge is 0.0853 e. The maximum Gasteiger partial charge on any atom is 0.0853 e. The highest BCUT2D eigenvalue weighted by Crippen LogP contribution is 2.09. The fraction of sp³-hybridized carbons (Fsp3) is 0.889. The maximum absolute atomic E-state index is 4.21. The molecule has 0 saturated carbocycles. The van der Waals surface area contributed by atoms with Crippen LogP contribution in [0.2, 0.25) is 0 Å². The van der Waals surface area contributed by atoms with Crippen LogP contribution in [0.5, 0.6) is 0 Å². The van der Waals surface area contributed by atoms with E-state index in [4.69, 9.17) is 0 Å². The highest BCUT2D eigenvalue weighted by Gasteiger charge is 2.15. The molecule has 0 N–H and O–H groups in total. The van der Waals surface area contributed by atoms with Gasteiger partial charge in [-0.15, -0.1) is 0 Å². The Bertz CT molecular complexity index is 122. The summed E-state index contributed by atoms with van der Waals surface area (Å²) in [7, 11) is 0. The number of rotatable bonds is 3. The van der Waals surface area contributed by atoms with E-state index in [1.54, 1.807) is 0 Å². The van der Waals surface area contributed by atoms with Crippen LogP contribution in [0.4, 0.5) is 0 Å². The van der Waals surface area contributed by atoms with E-state index >= 15 is 0 Å². The van der Waals surface area contributed by atoms with E-state index in [2.05, 4.69) is 37.6 Å². The molecule has 0 aliphatic carbocycles. The van der Waals surface area contributed by atoms with Crippen molar-refractivity contribution >= 4 is 6.34 Å². The molecular weight excluding hydrogens is 136 g/mol. The molecule has 0 bridgehead atoms. The Hall–Kier alpha value is -0.530. The molecule has 0 aromatic heterocycles. The van der Waals surface area contributed by atoms with Crippen LogP contribution in [0.15, 0.2) is 4.99 Å². The minimum atomic E-state index is 0.202. The van der Waals surface area contributed by atoms with E-state index in [0.29, 0.717) is 0 Å². The van der Waals surface area contributed by atoms with Crippen LogP contribution in [0.3, 0.4) is 0 Å². The van der Waals surface area contributed by atoms with Gasteiger partial charge in [0.1, 0.15) is 0 Å². The van der Waals surface area contributed by atoms with Crippen molar-refractivity contribution in [2.24, 2.45) is 4.99 Å². The summed E-state index contributed by atoms with van der Waals surface area (Å²) in [4.78, 5) is 6.44. The average Bonchev–Trinajstić information content (AvgIpc) is 1.87. The molecule has 0 aromatic rings. The zero-order valence-corrected chi connectivity index (χ0v) is 8.39. The summed E-state index contributed by atoms with van der Waals surface area (Å²) in [5.74, 6) is 0. The Morgan fingerprint density at radius 1 is 1.27 bits per heavy atom. The molecule has 2 heteroatoms. The van der Waals surface area contributed by atoms with Gasteiger partial charge in [-0.2, -0.15) is 0 Å². The van der Waals surface area contributed by atoms with Crippen molar-refractivity contribution in [1.82, 2.24) is 4.90 Å². The van der Waals surface area contributed by atoms with Crippen LogP contribution in [-0.4, -0.2) is 29.9 Å². The third-order valence-corrected chi connectivity index (χ3v) is 1.61. The van der Waals surface area contributed by atoms with Gasteiger partial charge in [-0.25, -0.2) is 0 Å². The fourth-order valence-corrected chi connectivity index (χ4v) is 0.909. The van der Waals surface area contributed by atoms with Crippen molar-refractivity contribution in [3.8, 4) is 0 Å². The molecule has 0 fully saturated rings. The maximum atomic E-state index is 4.21. The first-order valence-electron chi connectivity index (χ1n) is 4.29. The normalized spacial score (nSPS) is 12.5. The van der Waals surface area contributed by atoms with Gasteiger partial charge in [-0.3, -0.25) is 4.99 Å². The summed E-state index contributed by atoms with van der Waals surface area (Å²) in [5.41, 5.74) is 0.202. The van der Waals surface area contributed by atoms with Crippen LogP contribution >= 0.6 is 0 Å². The van der Waals surface area contributed by atoms with Crippen molar-refractivity contribution in [3.63, 3.8) is 0 Å². The minimum absolute atomic E-state index is 0.202. The lowest BCUT2D eigenvalue weighted by Gasteiger charge is -2.32. The summed E-state index contributed by atoms with van der Waals surface area (Å²) in [6.45, 7) is 12.7. The molecule has 0 aromatic carbocycles. The third-order valence-electron chi connectivity index (χ3n) is 1.61. The molecule has 0 saturated heterocycles. The van der Waals surface area contributed by atoms with Gasteiger partial charge in [-0.05, 0) is 34.6 Å². The molecule has 0 aliphatic rings. The SMILES string of the molecule is CC/N=C\N(CC)C(C)(C)C. The van der Waals surface area contributed by atoms with Crippen LogP contribution in [0, 0.1) is 0 Å². The molecule has 0 radical (unpaired) electrons. The Morgan fingerprint density at radius 2 is 1.82 bits per heavy atom. The number of hydrogen-bond acceptors (Lipinski definition) is 1. The van der Waals surface area contributed by atoms with Gasteiger partial charge in [0.05, 0.1) is 6.34 Å². The van der Waals surface area contributed by atoms with Gasteiger partial charge in [-0.1, -0.05) is 0 Å². The molecule has 0 heterocycles. The summed E-state index contributed by atoms with van der Waals surface area (Å²) >= 11 is 0. The lowest BCUT2D eigenvalue weighted by atomic mass is 10.1. The minimum Gasteiger partial charge on any atom is -0.358 e. The van der Waals surface area contributed by atoms with Crippen LogP contribution in [-0.2, 0) is 0 Å². The van der Waals surface area contributed by atoms with Crippen LogP contribution in [0.1, 0.15) is 34.6 Å². The van der Waals surface area contributed by atoms with Gasteiger partial charge in [0.25, 0.3) is 0 Å². The van der Waals surface area contributed by atoms with E-state index in [9.17, 15) is 0 Å². The van der Waals surface area contributed by atoms with Crippen molar-refractivity contribution in [2.75, 3.05) is 13.1 Å². The van der Waals surface area contributed by atoms with Gasteiger partial charge >= 0.3 is 0 Å². The van der Waals surface area contributed by atoms with Gasteiger partial charge < -0.3 is 4.90 Å².